The minimum atomic E-state index is -0.528. The number of carbonyl (C=O) groups is 1. The Bertz CT molecular complexity index is 1220. The molecule has 29 heavy (non-hydrogen) atoms. The largest absolute Gasteiger partial charge is 0.494 e. The minimum absolute atomic E-state index is 0.130. The lowest BCUT2D eigenvalue weighted by molar-refractivity contribution is -0.384. The molecular formula is C21H15N3O5. The van der Waals surface area contributed by atoms with Crippen molar-refractivity contribution in [2.45, 2.75) is 0 Å². The van der Waals surface area contributed by atoms with Gasteiger partial charge in [-0.05, 0) is 30.3 Å². The Morgan fingerprint density at radius 3 is 2.69 bits per heavy atom. The number of rotatable bonds is 5. The molecule has 144 valence electrons. The van der Waals surface area contributed by atoms with Crippen molar-refractivity contribution in [3.63, 3.8) is 0 Å². The van der Waals surface area contributed by atoms with Crippen LogP contribution in [0.3, 0.4) is 0 Å². The van der Waals surface area contributed by atoms with Crippen LogP contribution in [0.2, 0.25) is 0 Å². The maximum atomic E-state index is 13.1. The maximum absolute atomic E-state index is 13.1. The SMILES string of the molecule is COc1cc([N+](=O)[O-])ccc1NC(=O)c1cc(-c2ccco2)nc2ccccc12. The number of methoxy groups -OCH3 is 1. The lowest BCUT2D eigenvalue weighted by atomic mass is 10.1. The monoisotopic (exact) mass is 389 g/mol. The van der Waals surface area contributed by atoms with Crippen LogP contribution in [-0.4, -0.2) is 22.9 Å². The maximum Gasteiger partial charge on any atom is 0.273 e. The number of hydrogen-bond donors (Lipinski definition) is 1. The molecule has 0 fully saturated rings. The second kappa shape index (κ2) is 7.43. The zero-order valence-corrected chi connectivity index (χ0v) is 15.3. The normalized spacial score (nSPS) is 10.7. The molecule has 0 saturated carbocycles. The topological polar surface area (TPSA) is 108 Å². The Morgan fingerprint density at radius 2 is 1.97 bits per heavy atom. The summed E-state index contributed by atoms with van der Waals surface area (Å²) in [7, 11) is 1.38. The lowest BCUT2D eigenvalue weighted by Crippen LogP contribution is -2.14. The van der Waals surface area contributed by atoms with Crippen molar-refractivity contribution in [3.05, 3.63) is 82.6 Å². The van der Waals surface area contributed by atoms with E-state index in [0.29, 0.717) is 33.6 Å². The first-order valence-corrected chi connectivity index (χ1v) is 8.64. The van der Waals surface area contributed by atoms with Gasteiger partial charge < -0.3 is 14.5 Å². The first kappa shape index (κ1) is 18.2. The summed E-state index contributed by atoms with van der Waals surface area (Å²) in [5.41, 5.74) is 1.75. The molecule has 1 N–H and O–H groups in total. The van der Waals surface area contributed by atoms with Crippen molar-refractivity contribution in [2.75, 3.05) is 12.4 Å². The fourth-order valence-corrected chi connectivity index (χ4v) is 3.00. The molecule has 2 aromatic heterocycles. The van der Waals surface area contributed by atoms with Gasteiger partial charge in [-0.2, -0.15) is 0 Å². The molecule has 0 radical (unpaired) electrons. The molecule has 1 amide bonds. The predicted molar refractivity (Wildman–Crippen MR) is 107 cm³/mol. The molecule has 8 nitrogen and oxygen atoms in total. The van der Waals surface area contributed by atoms with Crippen LogP contribution < -0.4 is 10.1 Å². The molecule has 2 aromatic carbocycles. The molecular weight excluding hydrogens is 374 g/mol. The molecule has 4 rings (SSSR count). The summed E-state index contributed by atoms with van der Waals surface area (Å²) < 4.78 is 10.6. The van der Waals surface area contributed by atoms with E-state index >= 15 is 0 Å². The van der Waals surface area contributed by atoms with E-state index < -0.39 is 10.8 Å². The Balaban J connectivity index is 1.77. The number of ether oxygens (including phenoxy) is 1. The van der Waals surface area contributed by atoms with Crippen LogP contribution in [0.25, 0.3) is 22.4 Å². The summed E-state index contributed by atoms with van der Waals surface area (Å²) >= 11 is 0. The van der Waals surface area contributed by atoms with E-state index in [2.05, 4.69) is 10.3 Å². The van der Waals surface area contributed by atoms with Crippen LogP contribution in [-0.2, 0) is 0 Å². The summed E-state index contributed by atoms with van der Waals surface area (Å²) in [6.45, 7) is 0. The van der Waals surface area contributed by atoms with Gasteiger partial charge in [-0.25, -0.2) is 4.98 Å². The highest BCUT2D eigenvalue weighted by atomic mass is 16.6. The lowest BCUT2D eigenvalue weighted by Gasteiger charge is -2.12. The second-order valence-electron chi connectivity index (χ2n) is 6.15. The fourth-order valence-electron chi connectivity index (χ4n) is 3.00. The number of amides is 1. The number of nitro benzene ring substituents is 1. The number of anilines is 1. The summed E-state index contributed by atoms with van der Waals surface area (Å²) in [4.78, 5) is 28.1. The zero-order chi connectivity index (χ0) is 20.4. The first-order valence-electron chi connectivity index (χ1n) is 8.64. The van der Waals surface area contributed by atoms with Crippen molar-refractivity contribution >= 4 is 28.2 Å². The molecule has 0 saturated heterocycles. The summed E-state index contributed by atoms with van der Waals surface area (Å²) in [5, 5.41) is 14.4. The minimum Gasteiger partial charge on any atom is -0.494 e. The summed E-state index contributed by atoms with van der Waals surface area (Å²) in [6, 6.07) is 16.4. The molecule has 0 spiro atoms. The third-order valence-electron chi connectivity index (χ3n) is 4.38. The van der Waals surface area contributed by atoms with E-state index in [9.17, 15) is 14.9 Å². The molecule has 8 heteroatoms. The van der Waals surface area contributed by atoms with Crippen LogP contribution in [0, 0.1) is 10.1 Å². The molecule has 2 heterocycles. The van der Waals surface area contributed by atoms with E-state index in [0.717, 1.165) is 0 Å². The number of para-hydroxylation sites is 1. The van der Waals surface area contributed by atoms with Crippen molar-refractivity contribution in [1.29, 1.82) is 0 Å². The quantitative estimate of drug-likeness (QED) is 0.393. The number of aromatic nitrogens is 1. The van der Waals surface area contributed by atoms with Gasteiger partial charge in [-0.3, -0.25) is 14.9 Å². The zero-order valence-electron chi connectivity index (χ0n) is 15.3. The van der Waals surface area contributed by atoms with Crippen molar-refractivity contribution in [2.24, 2.45) is 0 Å². The molecule has 0 aliphatic carbocycles. The van der Waals surface area contributed by atoms with Crippen LogP contribution in [0.4, 0.5) is 11.4 Å². The highest BCUT2D eigenvalue weighted by Gasteiger charge is 2.18. The van der Waals surface area contributed by atoms with E-state index in [4.69, 9.17) is 9.15 Å². The van der Waals surface area contributed by atoms with E-state index in [1.807, 2.05) is 18.2 Å². The number of hydrogen-bond acceptors (Lipinski definition) is 6. The van der Waals surface area contributed by atoms with Gasteiger partial charge in [-0.1, -0.05) is 18.2 Å². The van der Waals surface area contributed by atoms with Gasteiger partial charge in [0.1, 0.15) is 11.4 Å². The Kier molecular flexibility index (Phi) is 4.66. The number of benzene rings is 2. The first-order chi connectivity index (χ1) is 14.1. The molecule has 0 unspecified atom stereocenters. The van der Waals surface area contributed by atoms with Crippen LogP contribution in [0.5, 0.6) is 5.75 Å². The standard InChI is InChI=1S/C21H15N3O5/c1-28-20-11-13(24(26)27)8-9-17(20)23-21(25)15-12-18(19-7-4-10-29-19)22-16-6-3-2-5-14(15)16/h2-12H,1H3,(H,23,25). The number of non-ortho nitro benzene ring substituents is 1. The average molecular weight is 389 g/mol. The van der Waals surface area contributed by atoms with Crippen LogP contribution >= 0.6 is 0 Å². The van der Waals surface area contributed by atoms with E-state index in [1.165, 1.54) is 31.6 Å². The Hall–Kier alpha value is -4.20. The van der Waals surface area contributed by atoms with Crippen LogP contribution in [0.1, 0.15) is 10.4 Å². The van der Waals surface area contributed by atoms with Crippen LogP contribution in [0.15, 0.2) is 71.3 Å². The second-order valence-corrected chi connectivity index (χ2v) is 6.15. The number of fused-ring (bicyclic) bond motifs is 1. The molecule has 0 atom stereocenters. The number of nitrogens with one attached hydrogen (secondary N) is 1. The summed E-state index contributed by atoms with van der Waals surface area (Å²) in [5.74, 6) is 0.332. The molecule has 4 aromatic rings. The molecule has 0 aliphatic rings. The van der Waals surface area contributed by atoms with Crippen molar-refractivity contribution < 1.29 is 18.9 Å². The van der Waals surface area contributed by atoms with Gasteiger partial charge in [-0.15, -0.1) is 0 Å². The van der Waals surface area contributed by atoms with Gasteiger partial charge >= 0.3 is 0 Å². The van der Waals surface area contributed by atoms with Crippen molar-refractivity contribution in [3.8, 4) is 17.2 Å². The third kappa shape index (κ3) is 3.51. The number of carbonyl (C=O) groups excluding carboxylic acids is 1. The Labute approximate surface area is 164 Å². The highest BCUT2D eigenvalue weighted by Crippen LogP contribution is 2.31. The number of pyridine rings is 1. The van der Waals surface area contributed by atoms with Gasteiger partial charge in [0.05, 0.1) is 41.1 Å². The van der Waals surface area contributed by atoms with Gasteiger partial charge in [0.25, 0.3) is 11.6 Å². The summed E-state index contributed by atoms with van der Waals surface area (Å²) in [6.07, 6.45) is 1.54. The smallest absolute Gasteiger partial charge is 0.273 e. The van der Waals surface area contributed by atoms with Gasteiger partial charge in [0.15, 0.2) is 5.76 Å². The van der Waals surface area contributed by atoms with E-state index in [-0.39, 0.29) is 11.4 Å². The Morgan fingerprint density at radius 1 is 1.14 bits per heavy atom. The number of nitro groups is 1. The third-order valence-corrected chi connectivity index (χ3v) is 4.38. The molecule has 0 aliphatic heterocycles. The average Bonchev–Trinajstić information content (AvgIpc) is 3.28. The predicted octanol–water partition coefficient (Wildman–Crippen LogP) is 4.66. The van der Waals surface area contributed by atoms with Gasteiger partial charge in [0, 0.05) is 11.5 Å². The number of furan rings is 1. The molecule has 0 bridgehead atoms. The highest BCUT2D eigenvalue weighted by molar-refractivity contribution is 6.13. The van der Waals surface area contributed by atoms with E-state index in [1.54, 1.807) is 24.3 Å². The van der Waals surface area contributed by atoms with Crippen molar-refractivity contribution in [1.82, 2.24) is 4.98 Å². The van der Waals surface area contributed by atoms with Gasteiger partial charge in [0.2, 0.25) is 0 Å². The number of nitrogens with zero attached hydrogens (tertiary/aromatic N) is 2. The fraction of sp³-hybridized carbons (Fsp3) is 0.0476.